The quantitative estimate of drug-likeness (QED) is 0.452. The summed E-state index contributed by atoms with van der Waals surface area (Å²) in [5.74, 6) is 1.88. The van der Waals surface area contributed by atoms with Crippen LogP contribution >= 0.6 is 0 Å². The number of amidine groups is 1. The predicted octanol–water partition coefficient (Wildman–Crippen LogP) is 4.41. The molecule has 8 nitrogen and oxygen atoms in total. The second-order valence-corrected chi connectivity index (χ2v) is 8.77. The van der Waals surface area contributed by atoms with Crippen LogP contribution in [0.2, 0.25) is 0 Å². The van der Waals surface area contributed by atoms with Crippen molar-refractivity contribution in [2.45, 2.75) is 25.4 Å². The minimum absolute atomic E-state index is 0.211. The second-order valence-electron chi connectivity index (χ2n) is 8.77. The Kier molecular flexibility index (Phi) is 7.04. The maximum absolute atomic E-state index is 12.3. The fourth-order valence-electron chi connectivity index (χ4n) is 4.18. The number of anilines is 3. The highest BCUT2D eigenvalue weighted by Crippen LogP contribution is 2.27. The molecule has 3 heterocycles. The molecule has 1 atom stereocenters. The summed E-state index contributed by atoms with van der Waals surface area (Å²) in [6.07, 6.45) is -2.36. The van der Waals surface area contributed by atoms with Crippen molar-refractivity contribution in [3.8, 4) is 11.5 Å². The van der Waals surface area contributed by atoms with Gasteiger partial charge in [0.2, 0.25) is 0 Å². The lowest BCUT2D eigenvalue weighted by atomic mass is 10.1. The summed E-state index contributed by atoms with van der Waals surface area (Å²) in [4.78, 5) is 11.4. The third-order valence-electron chi connectivity index (χ3n) is 5.99. The number of hydrogen-bond donors (Lipinski definition) is 2. The molecule has 37 heavy (non-hydrogen) atoms. The molecule has 0 saturated carbocycles. The Hall–Kier alpha value is -3.99. The van der Waals surface area contributed by atoms with E-state index in [1.807, 2.05) is 36.5 Å². The second kappa shape index (κ2) is 10.6. The number of halogens is 3. The number of nitrogens with two attached hydrogens (primary N) is 1. The summed E-state index contributed by atoms with van der Waals surface area (Å²) < 4.78 is 52.3. The van der Waals surface area contributed by atoms with Crippen LogP contribution in [0.4, 0.5) is 30.4 Å². The zero-order valence-corrected chi connectivity index (χ0v) is 19.9. The van der Waals surface area contributed by atoms with Crippen LogP contribution in [0, 0.1) is 0 Å². The van der Waals surface area contributed by atoms with Crippen LogP contribution in [0.25, 0.3) is 0 Å². The molecule has 2 aromatic carbocycles. The van der Waals surface area contributed by atoms with Gasteiger partial charge in [-0.2, -0.15) is 0 Å². The van der Waals surface area contributed by atoms with Gasteiger partial charge in [-0.05, 0) is 53.6 Å². The molecule has 1 fully saturated rings. The van der Waals surface area contributed by atoms with Crippen molar-refractivity contribution >= 4 is 23.0 Å². The summed E-state index contributed by atoms with van der Waals surface area (Å²) in [6, 6.07) is 15.1. The van der Waals surface area contributed by atoms with E-state index >= 15 is 0 Å². The Morgan fingerprint density at radius 1 is 1.11 bits per heavy atom. The topological polar surface area (TPSA) is 94.2 Å². The maximum atomic E-state index is 12.3. The van der Waals surface area contributed by atoms with E-state index < -0.39 is 6.36 Å². The van der Waals surface area contributed by atoms with E-state index in [0.29, 0.717) is 32.0 Å². The Labute approximate surface area is 211 Å². The molecule has 11 heteroatoms. The van der Waals surface area contributed by atoms with Crippen LogP contribution in [0.15, 0.2) is 65.8 Å². The summed E-state index contributed by atoms with van der Waals surface area (Å²) in [6.45, 7) is 2.56. The molecule has 0 aliphatic carbocycles. The average Bonchev–Trinajstić information content (AvgIpc) is 3.29. The van der Waals surface area contributed by atoms with Gasteiger partial charge in [0.05, 0.1) is 13.2 Å². The molecule has 1 saturated heterocycles. The number of rotatable bonds is 7. The molecular weight excluding hydrogens is 487 g/mol. The lowest BCUT2D eigenvalue weighted by Gasteiger charge is -2.33. The first-order valence-corrected chi connectivity index (χ1v) is 11.8. The van der Waals surface area contributed by atoms with Gasteiger partial charge in [0.25, 0.3) is 0 Å². The van der Waals surface area contributed by atoms with Gasteiger partial charge in [0, 0.05) is 37.1 Å². The highest BCUT2D eigenvalue weighted by molar-refractivity contribution is 6.03. The first-order valence-electron chi connectivity index (χ1n) is 11.8. The van der Waals surface area contributed by atoms with Crippen molar-refractivity contribution in [3.05, 3.63) is 71.9 Å². The van der Waals surface area contributed by atoms with Crippen LogP contribution in [-0.4, -0.2) is 49.6 Å². The largest absolute Gasteiger partial charge is 0.573 e. The highest BCUT2D eigenvalue weighted by atomic mass is 19.4. The maximum Gasteiger partial charge on any atom is 0.573 e. The van der Waals surface area contributed by atoms with E-state index in [-0.39, 0.29) is 18.5 Å². The zero-order chi connectivity index (χ0) is 25.8. The third kappa shape index (κ3) is 6.62. The van der Waals surface area contributed by atoms with Crippen LogP contribution in [-0.2, 0) is 17.7 Å². The van der Waals surface area contributed by atoms with Crippen molar-refractivity contribution < 1.29 is 27.4 Å². The number of nitrogens with one attached hydrogen (secondary N) is 1. The van der Waals surface area contributed by atoms with Crippen molar-refractivity contribution in [1.82, 2.24) is 4.98 Å². The minimum atomic E-state index is -4.73. The first-order chi connectivity index (χ1) is 17.8. The van der Waals surface area contributed by atoms with Crippen LogP contribution in [0.5, 0.6) is 11.5 Å². The number of alkyl halides is 3. The number of ether oxygens (including phenoxy) is 3. The Balaban J connectivity index is 1.11. The number of benzene rings is 2. The SMILES string of the molecule is Nc1ccc2c(c1)NC(=NCc1ccc(N3CCOC(COc4ccc(OC(F)(F)F)cc4)C3)nc1)C2. The third-order valence-corrected chi connectivity index (χ3v) is 5.99. The van der Waals surface area contributed by atoms with Gasteiger partial charge in [0.15, 0.2) is 0 Å². The van der Waals surface area contributed by atoms with E-state index in [9.17, 15) is 13.2 Å². The Morgan fingerprint density at radius 3 is 2.68 bits per heavy atom. The fraction of sp³-hybridized carbons (Fsp3) is 0.308. The smallest absolute Gasteiger partial charge is 0.491 e. The number of aromatic nitrogens is 1. The zero-order valence-electron chi connectivity index (χ0n) is 19.9. The van der Waals surface area contributed by atoms with Gasteiger partial charge in [-0.1, -0.05) is 12.1 Å². The first kappa shape index (κ1) is 24.7. The molecule has 0 bridgehead atoms. The van der Waals surface area contributed by atoms with Crippen molar-refractivity contribution in [2.24, 2.45) is 4.99 Å². The van der Waals surface area contributed by atoms with Crippen molar-refractivity contribution in [1.29, 1.82) is 0 Å². The van der Waals surface area contributed by atoms with Crippen LogP contribution in [0.3, 0.4) is 0 Å². The van der Waals surface area contributed by atoms with Gasteiger partial charge >= 0.3 is 6.36 Å². The van der Waals surface area contributed by atoms with Gasteiger partial charge in [-0.3, -0.25) is 4.99 Å². The minimum Gasteiger partial charge on any atom is -0.491 e. The predicted molar refractivity (Wildman–Crippen MR) is 134 cm³/mol. The van der Waals surface area contributed by atoms with Crippen molar-refractivity contribution in [2.75, 3.05) is 42.3 Å². The summed E-state index contributed by atoms with van der Waals surface area (Å²) in [7, 11) is 0. The normalized spacial score (nSPS) is 18.4. The van der Waals surface area contributed by atoms with E-state index in [4.69, 9.17) is 15.2 Å². The van der Waals surface area contributed by atoms with Gasteiger partial charge in [-0.15, -0.1) is 13.2 Å². The standard InChI is InChI=1S/C26H26F3N5O3/c27-26(28,29)37-21-6-4-20(5-7-21)36-16-22-15-34(9-10-35-22)25-8-1-17(14-32-25)13-31-24-11-18-2-3-19(30)12-23(18)33-24/h1-8,12,14,22H,9-11,13,15-16,30H2,(H,31,33). The summed E-state index contributed by atoms with van der Waals surface area (Å²) in [5.41, 5.74) is 9.75. The summed E-state index contributed by atoms with van der Waals surface area (Å²) in [5, 5.41) is 3.31. The van der Waals surface area contributed by atoms with Gasteiger partial charge < -0.3 is 30.2 Å². The van der Waals surface area contributed by atoms with Crippen molar-refractivity contribution in [3.63, 3.8) is 0 Å². The highest BCUT2D eigenvalue weighted by Gasteiger charge is 2.31. The lowest BCUT2D eigenvalue weighted by Crippen LogP contribution is -2.45. The number of pyridine rings is 1. The molecule has 0 amide bonds. The number of hydrogen-bond acceptors (Lipinski definition) is 7. The molecule has 3 aromatic rings. The van der Waals surface area contributed by atoms with Crippen LogP contribution in [0.1, 0.15) is 11.1 Å². The molecule has 0 spiro atoms. The summed E-state index contributed by atoms with van der Waals surface area (Å²) >= 11 is 0. The Morgan fingerprint density at radius 2 is 1.92 bits per heavy atom. The van der Waals surface area contributed by atoms with E-state index in [1.54, 1.807) is 0 Å². The molecule has 1 unspecified atom stereocenters. The lowest BCUT2D eigenvalue weighted by molar-refractivity contribution is -0.274. The van der Waals surface area contributed by atoms with Gasteiger partial charge in [0.1, 0.15) is 35.9 Å². The number of nitrogen functional groups attached to an aromatic ring is 1. The molecule has 5 rings (SSSR count). The molecule has 2 aliphatic heterocycles. The van der Waals surface area contributed by atoms with E-state index in [2.05, 4.69) is 24.9 Å². The molecule has 0 radical (unpaired) electrons. The van der Waals surface area contributed by atoms with Crippen LogP contribution < -0.4 is 25.4 Å². The number of morpholine rings is 1. The molecule has 194 valence electrons. The monoisotopic (exact) mass is 513 g/mol. The number of nitrogens with zero attached hydrogens (tertiary/aromatic N) is 3. The number of aliphatic imine (C=N–C) groups is 1. The Bertz CT molecular complexity index is 1250. The average molecular weight is 514 g/mol. The molecule has 3 N–H and O–H groups in total. The fourth-order valence-corrected chi connectivity index (χ4v) is 4.18. The van der Waals surface area contributed by atoms with E-state index in [0.717, 1.165) is 35.0 Å². The van der Waals surface area contributed by atoms with E-state index in [1.165, 1.54) is 29.8 Å². The molecule has 2 aliphatic rings. The van der Waals surface area contributed by atoms with Gasteiger partial charge in [-0.25, -0.2) is 4.98 Å². The molecular formula is C26H26F3N5O3. The molecule has 1 aromatic heterocycles. The number of fused-ring (bicyclic) bond motifs is 1.